The summed E-state index contributed by atoms with van der Waals surface area (Å²) in [6.07, 6.45) is -4.74. The van der Waals surface area contributed by atoms with Gasteiger partial charge in [0.1, 0.15) is 5.75 Å². The maximum Gasteiger partial charge on any atom is 0.471 e. The molecule has 0 N–H and O–H groups in total. The summed E-state index contributed by atoms with van der Waals surface area (Å²) in [6, 6.07) is 3.91. The van der Waals surface area contributed by atoms with E-state index in [0.717, 1.165) is 0 Å². The standard InChI is InChI=1S/C11H6F3N3O3S/c1-19-7-4-5(9(18)17-21)2-3-6(7)8-15-10(20-16-8)11(12,13)14/h2-4H,1H3. The minimum absolute atomic E-state index is 0.0917. The molecule has 0 unspecified atom stereocenters. The molecule has 0 atom stereocenters. The first-order chi connectivity index (χ1) is 9.86. The van der Waals surface area contributed by atoms with Gasteiger partial charge < -0.3 is 9.26 Å². The second-order valence-electron chi connectivity index (χ2n) is 3.73. The maximum atomic E-state index is 12.4. The predicted octanol–water partition coefficient (Wildman–Crippen LogP) is 2.63. The number of ether oxygens (including phenoxy) is 1. The molecule has 0 radical (unpaired) electrons. The van der Waals surface area contributed by atoms with Crippen molar-refractivity contribution in [1.82, 2.24) is 10.1 Å². The fourth-order valence-electron chi connectivity index (χ4n) is 1.51. The van der Waals surface area contributed by atoms with Crippen molar-refractivity contribution in [2.45, 2.75) is 6.18 Å². The zero-order valence-corrected chi connectivity index (χ0v) is 11.2. The molecule has 2 aromatic rings. The molecular formula is C11H6F3N3O3S. The van der Waals surface area contributed by atoms with Crippen LogP contribution in [0.5, 0.6) is 5.75 Å². The molecule has 0 bridgehead atoms. The molecular weight excluding hydrogens is 311 g/mol. The Morgan fingerprint density at radius 2 is 2.14 bits per heavy atom. The first kappa shape index (κ1) is 15.0. The van der Waals surface area contributed by atoms with Crippen molar-refractivity contribution in [3.05, 3.63) is 29.7 Å². The van der Waals surface area contributed by atoms with Crippen LogP contribution >= 0.6 is 0 Å². The first-order valence-electron chi connectivity index (χ1n) is 5.34. The predicted molar refractivity (Wildman–Crippen MR) is 65.4 cm³/mol. The van der Waals surface area contributed by atoms with E-state index in [1.807, 2.05) is 0 Å². The Hall–Kier alpha value is -2.36. The Balaban J connectivity index is 2.46. The lowest BCUT2D eigenvalue weighted by atomic mass is 10.1. The van der Waals surface area contributed by atoms with Gasteiger partial charge in [-0.2, -0.15) is 18.2 Å². The van der Waals surface area contributed by atoms with E-state index in [1.165, 1.54) is 25.3 Å². The minimum atomic E-state index is -4.74. The third kappa shape index (κ3) is 3.05. The Morgan fingerprint density at radius 1 is 1.43 bits per heavy atom. The molecule has 0 saturated carbocycles. The largest absolute Gasteiger partial charge is 0.496 e. The van der Waals surface area contributed by atoms with Gasteiger partial charge in [0.2, 0.25) is 5.82 Å². The molecule has 1 aromatic carbocycles. The highest BCUT2D eigenvalue weighted by Gasteiger charge is 2.38. The number of nitrogens with zero attached hydrogens (tertiary/aromatic N) is 3. The highest BCUT2D eigenvalue weighted by molar-refractivity contribution is 7.47. The lowest BCUT2D eigenvalue weighted by Gasteiger charge is -2.06. The Bertz CT molecular complexity index is 700. The fourth-order valence-corrected chi connectivity index (χ4v) is 1.62. The summed E-state index contributed by atoms with van der Waals surface area (Å²) in [5.74, 6) is -2.36. The van der Waals surface area contributed by atoms with Gasteiger partial charge in [0, 0.05) is 18.0 Å². The molecule has 10 heteroatoms. The third-order valence-corrected chi connectivity index (χ3v) is 2.61. The molecule has 2 rings (SSSR count). The van der Waals surface area contributed by atoms with Gasteiger partial charge >= 0.3 is 12.1 Å². The number of aromatic nitrogens is 2. The molecule has 21 heavy (non-hydrogen) atoms. The van der Waals surface area contributed by atoms with E-state index < -0.39 is 18.0 Å². The van der Waals surface area contributed by atoms with E-state index in [-0.39, 0.29) is 22.7 Å². The Labute approximate surface area is 121 Å². The van der Waals surface area contributed by atoms with Crippen LogP contribution in [-0.2, 0) is 18.6 Å². The minimum Gasteiger partial charge on any atom is -0.496 e. The summed E-state index contributed by atoms with van der Waals surface area (Å²) in [7, 11) is 1.28. The van der Waals surface area contributed by atoms with E-state index in [0.29, 0.717) is 0 Å². The summed E-state index contributed by atoms with van der Waals surface area (Å²) in [4.78, 5) is 14.6. The van der Waals surface area contributed by atoms with Gasteiger partial charge in [-0.3, -0.25) is 4.79 Å². The monoisotopic (exact) mass is 317 g/mol. The second kappa shape index (κ2) is 5.56. The summed E-state index contributed by atoms with van der Waals surface area (Å²) in [5, 5.41) is 3.24. The van der Waals surface area contributed by atoms with Crippen molar-refractivity contribution in [3.8, 4) is 17.1 Å². The van der Waals surface area contributed by atoms with Gasteiger partial charge in [-0.15, -0.1) is 4.36 Å². The first-order valence-corrected chi connectivity index (χ1v) is 5.70. The molecule has 6 nitrogen and oxygen atoms in total. The van der Waals surface area contributed by atoms with Crippen molar-refractivity contribution in [1.29, 1.82) is 0 Å². The van der Waals surface area contributed by atoms with Crippen molar-refractivity contribution in [2.24, 2.45) is 4.36 Å². The number of benzene rings is 1. The van der Waals surface area contributed by atoms with Crippen molar-refractivity contribution >= 4 is 18.3 Å². The lowest BCUT2D eigenvalue weighted by Crippen LogP contribution is -2.05. The smallest absolute Gasteiger partial charge is 0.471 e. The van der Waals surface area contributed by atoms with Crippen molar-refractivity contribution in [2.75, 3.05) is 7.11 Å². The Morgan fingerprint density at radius 3 is 2.67 bits per heavy atom. The zero-order valence-electron chi connectivity index (χ0n) is 10.3. The molecule has 0 aliphatic carbocycles. The van der Waals surface area contributed by atoms with Crippen LogP contribution in [0.25, 0.3) is 11.4 Å². The van der Waals surface area contributed by atoms with Crippen molar-refractivity contribution in [3.63, 3.8) is 0 Å². The molecule has 0 saturated heterocycles. The van der Waals surface area contributed by atoms with E-state index in [9.17, 15) is 18.0 Å². The molecule has 1 heterocycles. The number of hydrogen-bond donors (Lipinski definition) is 0. The van der Waals surface area contributed by atoms with Crippen LogP contribution in [0.2, 0.25) is 0 Å². The van der Waals surface area contributed by atoms with Gasteiger partial charge in [-0.1, -0.05) is 5.16 Å². The van der Waals surface area contributed by atoms with Gasteiger partial charge in [-0.25, -0.2) is 0 Å². The van der Waals surface area contributed by atoms with Gasteiger partial charge in [0.15, 0.2) is 0 Å². The SMILES string of the molecule is COc1cc(C(=O)N=S)ccc1-c1noc(C(F)(F)F)n1. The van der Waals surface area contributed by atoms with Gasteiger partial charge in [-0.05, 0) is 18.2 Å². The number of halogens is 3. The van der Waals surface area contributed by atoms with Crippen LogP contribution in [0.4, 0.5) is 13.2 Å². The summed E-state index contributed by atoms with van der Waals surface area (Å²) < 4.78 is 49.5. The quantitative estimate of drug-likeness (QED) is 0.866. The molecule has 0 aliphatic rings. The number of alkyl halides is 3. The molecule has 0 aliphatic heterocycles. The average molecular weight is 317 g/mol. The van der Waals surface area contributed by atoms with E-state index in [1.54, 1.807) is 0 Å². The summed E-state index contributed by atoms with van der Waals surface area (Å²) >= 11 is 4.28. The zero-order chi connectivity index (χ0) is 15.6. The van der Waals surface area contributed by atoms with E-state index in [4.69, 9.17) is 4.74 Å². The van der Waals surface area contributed by atoms with Gasteiger partial charge in [0.25, 0.3) is 5.91 Å². The number of methoxy groups -OCH3 is 1. The van der Waals surface area contributed by atoms with E-state index >= 15 is 0 Å². The molecule has 110 valence electrons. The average Bonchev–Trinajstić information content (AvgIpc) is 2.95. The number of amides is 1. The number of carbonyl (C=O) groups excluding carboxylic acids is 1. The van der Waals surface area contributed by atoms with Crippen LogP contribution in [0.1, 0.15) is 16.2 Å². The lowest BCUT2D eigenvalue weighted by molar-refractivity contribution is -0.159. The van der Waals surface area contributed by atoms with Crippen LogP contribution in [0.3, 0.4) is 0 Å². The van der Waals surface area contributed by atoms with Crippen molar-refractivity contribution < 1.29 is 27.2 Å². The highest BCUT2D eigenvalue weighted by atomic mass is 32.1. The van der Waals surface area contributed by atoms with Crippen LogP contribution < -0.4 is 4.74 Å². The van der Waals surface area contributed by atoms with Crippen LogP contribution in [0, 0.1) is 0 Å². The molecule has 0 fully saturated rings. The topological polar surface area (TPSA) is 77.6 Å². The summed E-state index contributed by atoms with van der Waals surface area (Å²) in [6.45, 7) is 0. The third-order valence-electron chi connectivity index (χ3n) is 2.44. The highest BCUT2D eigenvalue weighted by Crippen LogP contribution is 2.33. The summed E-state index contributed by atoms with van der Waals surface area (Å²) in [5.41, 5.74) is 0.266. The number of rotatable bonds is 3. The fraction of sp³-hybridized carbons (Fsp3) is 0.182. The van der Waals surface area contributed by atoms with Crippen LogP contribution in [-0.4, -0.2) is 23.2 Å². The maximum absolute atomic E-state index is 12.4. The molecule has 1 amide bonds. The van der Waals surface area contributed by atoms with E-state index in [2.05, 4.69) is 31.5 Å². The molecule has 1 aromatic heterocycles. The van der Waals surface area contributed by atoms with Gasteiger partial charge in [0.05, 0.1) is 12.7 Å². The Kier molecular flexibility index (Phi) is 3.98. The number of carbonyl (C=O) groups is 1. The molecule has 0 spiro atoms. The second-order valence-corrected chi connectivity index (χ2v) is 3.91. The normalized spacial score (nSPS) is 11.2. The van der Waals surface area contributed by atoms with Crippen LogP contribution in [0.15, 0.2) is 27.1 Å². The number of hydrogen-bond acceptors (Lipinski definition) is 6.